The van der Waals surface area contributed by atoms with Crippen molar-refractivity contribution in [3.63, 3.8) is 0 Å². The van der Waals surface area contributed by atoms with Gasteiger partial charge in [-0.25, -0.2) is 0 Å². The van der Waals surface area contributed by atoms with Crippen LogP contribution in [0.1, 0.15) is 26.7 Å². The van der Waals surface area contributed by atoms with E-state index in [0.29, 0.717) is 43.9 Å². The van der Waals surface area contributed by atoms with Gasteiger partial charge in [0.2, 0.25) is 0 Å². The van der Waals surface area contributed by atoms with Gasteiger partial charge < -0.3 is 5.32 Å². The number of piperidine rings is 1. The van der Waals surface area contributed by atoms with Gasteiger partial charge in [-0.15, -0.1) is 12.4 Å². The molecule has 2 aliphatic heterocycles. The molecular weight excluding hydrogens is 298 g/mol. The Bertz CT molecular complexity index is 394. The predicted octanol–water partition coefficient (Wildman–Crippen LogP) is 1.17. The van der Waals surface area contributed by atoms with E-state index in [4.69, 9.17) is 0 Å². The topological polar surface area (TPSA) is 52.7 Å². The Labute approximate surface area is 129 Å². The monoisotopic (exact) mass is 325 g/mol. The average Bonchev–Trinajstić information content (AvgIpc) is 2.77. The Morgan fingerprint density at radius 3 is 2.25 bits per heavy atom. The molecule has 2 fully saturated rings. The normalized spacial score (nSPS) is 33.0. The highest BCUT2D eigenvalue weighted by atomic mass is 35.5. The van der Waals surface area contributed by atoms with Crippen molar-refractivity contribution in [2.24, 2.45) is 17.8 Å². The Kier molecular flexibility index (Phi) is 6.73. The van der Waals surface area contributed by atoms with Crippen molar-refractivity contribution in [2.75, 3.05) is 39.8 Å². The molecule has 0 aromatic carbocycles. The molecule has 0 aromatic heterocycles. The van der Waals surface area contributed by atoms with E-state index in [1.807, 2.05) is 7.05 Å². The van der Waals surface area contributed by atoms with Gasteiger partial charge in [-0.05, 0) is 44.2 Å². The van der Waals surface area contributed by atoms with E-state index >= 15 is 0 Å². The molecule has 0 bridgehead atoms. The highest BCUT2D eigenvalue weighted by Crippen LogP contribution is 2.27. The number of halogens is 1. The zero-order valence-corrected chi connectivity index (χ0v) is 14.3. The maximum absolute atomic E-state index is 12.7. The lowest BCUT2D eigenvalue weighted by Gasteiger charge is -2.36. The molecule has 0 amide bonds. The fourth-order valence-corrected chi connectivity index (χ4v) is 5.37. The summed E-state index contributed by atoms with van der Waals surface area (Å²) in [5.74, 6) is 1.39. The minimum absolute atomic E-state index is 0. The summed E-state index contributed by atoms with van der Waals surface area (Å²) in [5, 5.41) is 3.14. The molecule has 0 aromatic rings. The van der Waals surface area contributed by atoms with Crippen LogP contribution in [0.25, 0.3) is 0 Å². The van der Waals surface area contributed by atoms with E-state index < -0.39 is 10.2 Å². The lowest BCUT2D eigenvalue weighted by atomic mass is 9.94. The van der Waals surface area contributed by atoms with Crippen LogP contribution in [0.4, 0.5) is 0 Å². The summed E-state index contributed by atoms with van der Waals surface area (Å²) < 4.78 is 28.7. The van der Waals surface area contributed by atoms with Gasteiger partial charge in [-0.1, -0.05) is 13.8 Å². The van der Waals surface area contributed by atoms with Crippen LogP contribution in [0.15, 0.2) is 0 Å². The van der Waals surface area contributed by atoms with Crippen molar-refractivity contribution in [1.29, 1.82) is 0 Å². The van der Waals surface area contributed by atoms with Gasteiger partial charge in [0.05, 0.1) is 0 Å². The molecule has 5 nitrogen and oxygen atoms in total. The largest absolute Gasteiger partial charge is 0.319 e. The summed E-state index contributed by atoms with van der Waals surface area (Å²) in [6, 6.07) is 0. The Morgan fingerprint density at radius 1 is 1.10 bits per heavy atom. The number of hydrogen-bond donors (Lipinski definition) is 1. The van der Waals surface area contributed by atoms with Crippen molar-refractivity contribution in [2.45, 2.75) is 26.7 Å². The van der Waals surface area contributed by atoms with Gasteiger partial charge in [0.15, 0.2) is 0 Å². The van der Waals surface area contributed by atoms with Crippen LogP contribution in [-0.2, 0) is 10.2 Å². The summed E-state index contributed by atoms with van der Waals surface area (Å²) in [7, 11) is -1.32. The van der Waals surface area contributed by atoms with Crippen LogP contribution in [0, 0.1) is 17.8 Å². The van der Waals surface area contributed by atoms with Crippen LogP contribution in [0.3, 0.4) is 0 Å². The Morgan fingerprint density at radius 2 is 1.70 bits per heavy atom. The van der Waals surface area contributed by atoms with E-state index in [-0.39, 0.29) is 12.4 Å². The van der Waals surface area contributed by atoms with E-state index in [1.54, 1.807) is 8.61 Å². The number of rotatable bonds is 4. The number of nitrogens with zero attached hydrogens (tertiary/aromatic N) is 2. The zero-order chi connectivity index (χ0) is 14.0. The highest BCUT2D eigenvalue weighted by Gasteiger charge is 2.38. The second-order valence-corrected chi connectivity index (χ2v) is 8.27. The first kappa shape index (κ1) is 18.2. The molecule has 2 heterocycles. The molecule has 2 rings (SSSR count). The third-order valence-electron chi connectivity index (χ3n) is 4.23. The summed E-state index contributed by atoms with van der Waals surface area (Å²) in [6.07, 6.45) is 2.10. The average molecular weight is 326 g/mol. The quantitative estimate of drug-likeness (QED) is 0.844. The van der Waals surface area contributed by atoms with Gasteiger partial charge in [0.25, 0.3) is 10.2 Å². The summed E-state index contributed by atoms with van der Waals surface area (Å²) in [4.78, 5) is 0. The van der Waals surface area contributed by atoms with Crippen molar-refractivity contribution in [3.05, 3.63) is 0 Å². The van der Waals surface area contributed by atoms with E-state index in [0.717, 1.165) is 19.4 Å². The first-order chi connectivity index (χ1) is 8.93. The second kappa shape index (κ2) is 7.40. The fraction of sp³-hybridized carbons (Fsp3) is 1.00. The molecule has 0 saturated carbocycles. The number of hydrogen-bond acceptors (Lipinski definition) is 3. The minimum atomic E-state index is -3.24. The van der Waals surface area contributed by atoms with Gasteiger partial charge in [0, 0.05) is 26.2 Å². The fourth-order valence-electron chi connectivity index (χ4n) is 3.42. The van der Waals surface area contributed by atoms with E-state index in [2.05, 4.69) is 19.2 Å². The Balaban J connectivity index is 0.00000200. The SMILES string of the molecule is CNCC1CCN(S(=O)(=O)N2CC(C)CC(C)C2)C1.Cl. The predicted molar refractivity (Wildman–Crippen MR) is 84.3 cm³/mol. The first-order valence-corrected chi connectivity index (χ1v) is 8.73. The second-order valence-electron chi connectivity index (χ2n) is 6.34. The molecule has 2 aliphatic rings. The lowest BCUT2D eigenvalue weighted by molar-refractivity contribution is 0.211. The van der Waals surface area contributed by atoms with Crippen molar-refractivity contribution in [3.8, 4) is 0 Å². The van der Waals surface area contributed by atoms with Gasteiger partial charge in [-0.3, -0.25) is 0 Å². The molecule has 7 heteroatoms. The summed E-state index contributed by atoms with van der Waals surface area (Å²) in [5.41, 5.74) is 0. The van der Waals surface area contributed by atoms with Crippen molar-refractivity contribution < 1.29 is 8.42 Å². The molecule has 3 unspecified atom stereocenters. The minimum Gasteiger partial charge on any atom is -0.319 e. The maximum Gasteiger partial charge on any atom is 0.282 e. The number of nitrogens with one attached hydrogen (secondary N) is 1. The third-order valence-corrected chi connectivity index (χ3v) is 6.16. The van der Waals surface area contributed by atoms with Crippen LogP contribution < -0.4 is 5.32 Å². The first-order valence-electron chi connectivity index (χ1n) is 7.33. The van der Waals surface area contributed by atoms with Gasteiger partial charge in [-0.2, -0.15) is 17.0 Å². The van der Waals surface area contributed by atoms with Crippen LogP contribution in [0.2, 0.25) is 0 Å². The van der Waals surface area contributed by atoms with E-state index in [1.165, 1.54) is 0 Å². The molecule has 0 spiro atoms. The van der Waals surface area contributed by atoms with Gasteiger partial charge in [0.1, 0.15) is 0 Å². The molecule has 0 aliphatic carbocycles. The molecule has 20 heavy (non-hydrogen) atoms. The lowest BCUT2D eigenvalue weighted by Crippen LogP contribution is -2.49. The smallest absolute Gasteiger partial charge is 0.282 e. The van der Waals surface area contributed by atoms with E-state index in [9.17, 15) is 8.42 Å². The summed E-state index contributed by atoms with van der Waals surface area (Å²) in [6.45, 7) is 7.90. The van der Waals surface area contributed by atoms with Crippen LogP contribution >= 0.6 is 12.4 Å². The molecule has 120 valence electrons. The van der Waals surface area contributed by atoms with Crippen LogP contribution in [0.5, 0.6) is 0 Å². The van der Waals surface area contributed by atoms with Gasteiger partial charge >= 0.3 is 0 Å². The third kappa shape index (κ3) is 4.07. The zero-order valence-electron chi connectivity index (χ0n) is 12.7. The van der Waals surface area contributed by atoms with Crippen LogP contribution in [-0.4, -0.2) is 56.8 Å². The molecular formula is C13H28ClN3O2S. The maximum atomic E-state index is 12.7. The standard InChI is InChI=1S/C13H27N3O2S.ClH/c1-11-6-12(2)9-16(8-11)19(17,18)15-5-4-13(10-15)7-14-3;/h11-14H,4-10H2,1-3H3;1H. The molecule has 1 N–H and O–H groups in total. The Hall–Kier alpha value is 0.120. The molecule has 3 atom stereocenters. The van der Waals surface area contributed by atoms with Crippen molar-refractivity contribution in [1.82, 2.24) is 13.9 Å². The summed E-state index contributed by atoms with van der Waals surface area (Å²) >= 11 is 0. The van der Waals surface area contributed by atoms with Crippen molar-refractivity contribution >= 4 is 22.6 Å². The highest BCUT2D eigenvalue weighted by molar-refractivity contribution is 7.86. The molecule has 2 saturated heterocycles. The molecule has 0 radical (unpaired) electrons.